The lowest BCUT2D eigenvalue weighted by Gasteiger charge is -2.36. The molecule has 2 aliphatic heterocycles. The van der Waals surface area contributed by atoms with Crippen LogP contribution in [0.3, 0.4) is 0 Å². The van der Waals surface area contributed by atoms with Crippen molar-refractivity contribution in [3.05, 3.63) is 71.3 Å². The Balaban J connectivity index is 1.66. The van der Waals surface area contributed by atoms with Gasteiger partial charge in [-0.3, -0.25) is 4.79 Å². The van der Waals surface area contributed by atoms with Crippen molar-refractivity contribution in [2.45, 2.75) is 43.9 Å². The molecule has 1 N–H and O–H groups in total. The smallest absolute Gasteiger partial charge is 0.396 e. The summed E-state index contributed by atoms with van der Waals surface area (Å²) in [5.41, 5.74) is -0.649. The van der Waals surface area contributed by atoms with Crippen LogP contribution in [0.25, 0.3) is 0 Å². The Kier molecular flexibility index (Phi) is 4.70. The minimum atomic E-state index is -4.58. The van der Waals surface area contributed by atoms with Gasteiger partial charge in [-0.1, -0.05) is 42.5 Å². The summed E-state index contributed by atoms with van der Waals surface area (Å²) in [5.74, 6) is -0.580. The molecule has 4 rings (SSSR count). The van der Waals surface area contributed by atoms with Crippen LogP contribution in [0.5, 0.6) is 0 Å². The number of carbonyl (C=O) groups excluding carboxylic acids is 1. The second-order valence-electron chi connectivity index (χ2n) is 7.89. The van der Waals surface area contributed by atoms with E-state index in [1.165, 1.54) is 18.2 Å². The number of benzene rings is 2. The number of aliphatic hydroxyl groups excluding tert-OH is 1. The van der Waals surface area contributed by atoms with E-state index in [1.54, 1.807) is 4.90 Å². The first-order valence-corrected chi connectivity index (χ1v) is 9.49. The number of hydrogen-bond acceptors (Lipinski definition) is 2. The van der Waals surface area contributed by atoms with Gasteiger partial charge in [-0.2, -0.15) is 13.2 Å². The van der Waals surface area contributed by atoms with Gasteiger partial charge < -0.3 is 10.0 Å². The quantitative estimate of drug-likeness (QED) is 0.847. The predicted octanol–water partition coefficient (Wildman–Crippen LogP) is 4.30. The summed E-state index contributed by atoms with van der Waals surface area (Å²) < 4.78 is 40.2. The van der Waals surface area contributed by atoms with E-state index in [0.29, 0.717) is 19.3 Å². The van der Waals surface area contributed by atoms with Crippen molar-refractivity contribution in [2.75, 3.05) is 6.61 Å². The molecule has 0 spiro atoms. The summed E-state index contributed by atoms with van der Waals surface area (Å²) in [6.07, 6.45) is -1.89. The highest BCUT2D eigenvalue weighted by atomic mass is 19.4. The van der Waals surface area contributed by atoms with Gasteiger partial charge in [0.05, 0.1) is 17.7 Å². The normalized spacial score (nSPS) is 26.6. The Labute approximate surface area is 161 Å². The molecule has 2 saturated heterocycles. The van der Waals surface area contributed by atoms with Crippen LogP contribution in [0.2, 0.25) is 0 Å². The molecule has 0 unspecified atom stereocenters. The van der Waals surface area contributed by atoms with Crippen LogP contribution in [0.4, 0.5) is 13.2 Å². The fourth-order valence-corrected chi connectivity index (χ4v) is 5.07. The molecule has 6 heteroatoms. The minimum Gasteiger partial charge on any atom is -0.396 e. The average molecular weight is 389 g/mol. The third kappa shape index (κ3) is 3.09. The Hall–Kier alpha value is -2.34. The Morgan fingerprint density at radius 1 is 1.07 bits per heavy atom. The van der Waals surface area contributed by atoms with Gasteiger partial charge in [-0.15, -0.1) is 0 Å². The number of amides is 1. The van der Waals surface area contributed by atoms with Crippen molar-refractivity contribution in [1.82, 2.24) is 4.90 Å². The summed E-state index contributed by atoms with van der Waals surface area (Å²) in [6.45, 7) is -0.0895. The lowest BCUT2D eigenvalue weighted by molar-refractivity contribution is -0.138. The maximum atomic E-state index is 13.4. The molecule has 2 aromatic rings. The molecular formula is C22H22F3NO2. The topological polar surface area (TPSA) is 40.5 Å². The SMILES string of the molecule is O=C(c1ccccc1C(F)(F)F)N1[C@H]2CC[C@@H]1[C@@](CO)(Cc1ccccc1)C2. The first-order valence-electron chi connectivity index (χ1n) is 9.49. The highest BCUT2D eigenvalue weighted by molar-refractivity contribution is 5.96. The highest BCUT2D eigenvalue weighted by Crippen LogP contribution is 2.52. The van der Waals surface area contributed by atoms with Crippen molar-refractivity contribution in [1.29, 1.82) is 0 Å². The lowest BCUT2D eigenvalue weighted by Crippen LogP contribution is -2.44. The zero-order valence-corrected chi connectivity index (χ0v) is 15.3. The summed E-state index contributed by atoms with van der Waals surface area (Å²) >= 11 is 0. The number of rotatable bonds is 4. The highest BCUT2D eigenvalue weighted by Gasteiger charge is 2.57. The van der Waals surface area contributed by atoms with Crippen molar-refractivity contribution in [2.24, 2.45) is 5.41 Å². The number of nitrogens with zero attached hydrogens (tertiary/aromatic N) is 1. The van der Waals surface area contributed by atoms with Crippen molar-refractivity contribution in [3.63, 3.8) is 0 Å². The maximum absolute atomic E-state index is 13.4. The van der Waals surface area contributed by atoms with E-state index < -0.39 is 23.1 Å². The molecule has 0 aromatic heterocycles. The van der Waals surface area contributed by atoms with E-state index in [1.807, 2.05) is 30.3 Å². The maximum Gasteiger partial charge on any atom is 0.417 e. The van der Waals surface area contributed by atoms with Crippen LogP contribution in [0.15, 0.2) is 54.6 Å². The van der Waals surface area contributed by atoms with Crippen LogP contribution >= 0.6 is 0 Å². The summed E-state index contributed by atoms with van der Waals surface area (Å²) in [4.78, 5) is 14.8. The lowest BCUT2D eigenvalue weighted by atomic mass is 9.70. The van der Waals surface area contributed by atoms with Gasteiger partial charge in [-0.25, -0.2) is 0 Å². The Morgan fingerprint density at radius 2 is 1.75 bits per heavy atom. The second-order valence-corrected chi connectivity index (χ2v) is 7.89. The van der Waals surface area contributed by atoms with Gasteiger partial charge in [0.25, 0.3) is 5.91 Å². The van der Waals surface area contributed by atoms with Crippen molar-refractivity contribution < 1.29 is 23.1 Å². The van der Waals surface area contributed by atoms with Crippen LogP contribution in [-0.4, -0.2) is 34.6 Å². The fourth-order valence-electron chi connectivity index (χ4n) is 5.07. The number of fused-ring (bicyclic) bond motifs is 2. The largest absolute Gasteiger partial charge is 0.417 e. The van der Waals surface area contributed by atoms with Crippen molar-refractivity contribution >= 4 is 5.91 Å². The number of aliphatic hydroxyl groups is 1. The molecule has 0 saturated carbocycles. The Morgan fingerprint density at radius 3 is 2.43 bits per heavy atom. The zero-order chi connectivity index (χ0) is 19.9. The molecule has 1 amide bonds. The zero-order valence-electron chi connectivity index (χ0n) is 15.3. The molecule has 2 aliphatic rings. The number of alkyl halides is 3. The number of hydrogen-bond donors (Lipinski definition) is 1. The monoisotopic (exact) mass is 389 g/mol. The van der Waals surface area contributed by atoms with Gasteiger partial charge >= 0.3 is 6.18 Å². The molecule has 0 aliphatic carbocycles. The molecule has 3 nitrogen and oxygen atoms in total. The average Bonchev–Trinajstić information content (AvgIpc) is 3.23. The van der Waals surface area contributed by atoms with Crippen LogP contribution in [0.1, 0.15) is 40.7 Å². The molecule has 2 fully saturated rings. The molecular weight excluding hydrogens is 367 g/mol. The standard InChI is InChI=1S/C22H22F3NO2/c23-22(24,25)18-9-5-4-8-17(18)20(28)26-16-10-11-19(26)21(13-16,14-27)12-15-6-2-1-3-7-15/h1-9,16,19,27H,10-14H2/t16-,19+,21-/m0/s1. The summed E-state index contributed by atoms with van der Waals surface area (Å²) in [6, 6.07) is 14.3. The van der Waals surface area contributed by atoms with E-state index in [-0.39, 0.29) is 24.3 Å². The molecule has 2 aromatic carbocycles. The van der Waals surface area contributed by atoms with E-state index in [0.717, 1.165) is 18.1 Å². The molecule has 0 radical (unpaired) electrons. The van der Waals surface area contributed by atoms with Gasteiger partial charge in [0.1, 0.15) is 0 Å². The molecule has 148 valence electrons. The van der Waals surface area contributed by atoms with Crippen molar-refractivity contribution in [3.8, 4) is 0 Å². The molecule has 2 heterocycles. The van der Waals surface area contributed by atoms with Gasteiger partial charge in [0.2, 0.25) is 0 Å². The first kappa shape index (κ1) is 19.0. The first-order chi connectivity index (χ1) is 13.4. The van der Waals surface area contributed by atoms with Crippen LogP contribution in [0, 0.1) is 5.41 Å². The fraction of sp³-hybridized carbons (Fsp3) is 0.409. The predicted molar refractivity (Wildman–Crippen MR) is 98.7 cm³/mol. The summed E-state index contributed by atoms with van der Waals surface area (Å²) in [7, 11) is 0. The number of halogens is 3. The second kappa shape index (κ2) is 6.92. The van der Waals surface area contributed by atoms with Gasteiger partial charge in [0.15, 0.2) is 0 Å². The van der Waals surface area contributed by atoms with Gasteiger partial charge in [-0.05, 0) is 43.4 Å². The molecule has 28 heavy (non-hydrogen) atoms. The summed E-state index contributed by atoms with van der Waals surface area (Å²) in [5, 5.41) is 10.2. The van der Waals surface area contributed by atoms with E-state index in [4.69, 9.17) is 0 Å². The van der Waals surface area contributed by atoms with E-state index >= 15 is 0 Å². The van der Waals surface area contributed by atoms with E-state index in [2.05, 4.69) is 0 Å². The van der Waals surface area contributed by atoms with E-state index in [9.17, 15) is 23.1 Å². The molecule has 3 atom stereocenters. The van der Waals surface area contributed by atoms with Crippen LogP contribution in [-0.2, 0) is 12.6 Å². The third-order valence-electron chi connectivity index (χ3n) is 6.26. The minimum absolute atomic E-state index is 0.0895. The third-order valence-corrected chi connectivity index (χ3v) is 6.26. The van der Waals surface area contributed by atoms with Crippen LogP contribution < -0.4 is 0 Å². The van der Waals surface area contributed by atoms with Gasteiger partial charge in [0, 0.05) is 17.5 Å². The number of carbonyl (C=O) groups is 1. The molecule has 2 bridgehead atoms. The Bertz CT molecular complexity index is 868.